The maximum atomic E-state index is 5.72. The van der Waals surface area contributed by atoms with E-state index in [2.05, 4.69) is 29.3 Å². The van der Waals surface area contributed by atoms with E-state index in [-0.39, 0.29) is 0 Å². The van der Waals surface area contributed by atoms with Crippen LogP contribution in [0.3, 0.4) is 0 Å². The summed E-state index contributed by atoms with van der Waals surface area (Å²) in [5, 5.41) is 8.22. The average molecular weight is 312 g/mol. The Labute approximate surface area is 133 Å². The van der Waals surface area contributed by atoms with Gasteiger partial charge < -0.3 is 9.15 Å². The van der Waals surface area contributed by atoms with E-state index in [1.165, 1.54) is 10.5 Å². The molecule has 0 saturated carbocycles. The Morgan fingerprint density at radius 3 is 2.55 bits per heavy atom. The molecule has 2 aromatic carbocycles. The summed E-state index contributed by atoms with van der Waals surface area (Å²) in [7, 11) is 1.64. The van der Waals surface area contributed by atoms with Gasteiger partial charge in [0.1, 0.15) is 5.75 Å². The van der Waals surface area contributed by atoms with Crippen molar-refractivity contribution < 1.29 is 9.15 Å². The third-order valence-electron chi connectivity index (χ3n) is 3.25. The lowest BCUT2D eigenvalue weighted by molar-refractivity contribution is 0.415. The molecule has 3 aromatic rings. The van der Waals surface area contributed by atoms with Gasteiger partial charge in [-0.2, -0.15) is 0 Å². The van der Waals surface area contributed by atoms with Crippen LogP contribution in [0.4, 0.5) is 0 Å². The van der Waals surface area contributed by atoms with Gasteiger partial charge in [0.05, 0.1) is 12.9 Å². The summed E-state index contributed by atoms with van der Waals surface area (Å²) in [5.41, 5.74) is 2.14. The fourth-order valence-corrected chi connectivity index (χ4v) is 2.89. The van der Waals surface area contributed by atoms with Gasteiger partial charge in [-0.25, -0.2) is 0 Å². The van der Waals surface area contributed by atoms with Crippen molar-refractivity contribution in [3.8, 4) is 17.2 Å². The molecule has 0 aliphatic heterocycles. The Morgan fingerprint density at radius 1 is 1.05 bits per heavy atom. The minimum atomic E-state index is 0.531. The number of ether oxygens (including phenoxy) is 1. The van der Waals surface area contributed by atoms with Crippen molar-refractivity contribution in [1.29, 1.82) is 0 Å². The van der Waals surface area contributed by atoms with Crippen LogP contribution in [0, 0.1) is 6.92 Å². The second kappa shape index (κ2) is 6.66. The Bertz CT molecular complexity index is 753. The van der Waals surface area contributed by atoms with Crippen LogP contribution in [0.1, 0.15) is 11.5 Å². The molecule has 0 fully saturated rings. The summed E-state index contributed by atoms with van der Waals surface area (Å²) in [6.07, 6.45) is 0. The normalized spacial score (nSPS) is 10.6. The minimum absolute atomic E-state index is 0.531. The van der Waals surface area contributed by atoms with E-state index in [1.54, 1.807) is 18.9 Å². The van der Waals surface area contributed by atoms with E-state index in [1.807, 2.05) is 36.4 Å². The van der Waals surface area contributed by atoms with E-state index in [0.717, 1.165) is 11.3 Å². The van der Waals surface area contributed by atoms with E-state index in [9.17, 15) is 0 Å². The Hall–Kier alpha value is -2.27. The first-order valence-corrected chi connectivity index (χ1v) is 7.90. The molecular weight excluding hydrogens is 296 g/mol. The first-order valence-electron chi connectivity index (χ1n) is 6.91. The number of aromatic nitrogens is 2. The maximum absolute atomic E-state index is 5.72. The molecule has 22 heavy (non-hydrogen) atoms. The molecule has 0 amide bonds. The Balaban J connectivity index is 1.69. The molecule has 4 nitrogen and oxygen atoms in total. The standard InChI is InChI=1S/C17H16N2O2S/c1-12-5-3-4-6-15(12)22-11-16-18-19-17(21-16)13-7-9-14(20-2)10-8-13/h3-10H,11H2,1-2H3. The lowest BCUT2D eigenvalue weighted by Gasteiger charge is -2.02. The summed E-state index contributed by atoms with van der Waals surface area (Å²) in [4.78, 5) is 1.23. The van der Waals surface area contributed by atoms with Crippen LogP contribution in [-0.4, -0.2) is 17.3 Å². The Kier molecular flexibility index (Phi) is 4.44. The maximum Gasteiger partial charge on any atom is 0.247 e. The zero-order valence-corrected chi connectivity index (χ0v) is 13.3. The zero-order chi connectivity index (χ0) is 15.4. The topological polar surface area (TPSA) is 48.2 Å². The van der Waals surface area contributed by atoms with Crippen molar-refractivity contribution in [3.05, 3.63) is 60.0 Å². The van der Waals surface area contributed by atoms with Gasteiger partial charge in [-0.15, -0.1) is 22.0 Å². The molecule has 3 rings (SSSR count). The summed E-state index contributed by atoms with van der Waals surface area (Å²) in [5.74, 6) is 2.62. The predicted octanol–water partition coefficient (Wildman–Crippen LogP) is 4.35. The van der Waals surface area contributed by atoms with Crippen LogP contribution in [0.25, 0.3) is 11.5 Å². The van der Waals surface area contributed by atoms with Gasteiger partial charge in [-0.3, -0.25) is 0 Å². The molecule has 112 valence electrons. The SMILES string of the molecule is COc1ccc(-c2nnc(CSc3ccccc3C)o2)cc1. The number of nitrogens with zero attached hydrogens (tertiary/aromatic N) is 2. The molecular formula is C17H16N2O2S. The van der Waals surface area contributed by atoms with Crippen molar-refractivity contribution in [2.24, 2.45) is 0 Å². The highest BCUT2D eigenvalue weighted by atomic mass is 32.2. The summed E-state index contributed by atoms with van der Waals surface area (Å²) >= 11 is 1.70. The quantitative estimate of drug-likeness (QED) is 0.656. The van der Waals surface area contributed by atoms with Crippen molar-refractivity contribution in [1.82, 2.24) is 10.2 Å². The van der Waals surface area contributed by atoms with Gasteiger partial charge >= 0.3 is 0 Å². The molecule has 0 aliphatic carbocycles. The molecule has 1 aromatic heterocycles. The smallest absolute Gasteiger partial charge is 0.247 e. The number of benzene rings is 2. The van der Waals surface area contributed by atoms with Gasteiger partial charge in [-0.1, -0.05) is 18.2 Å². The summed E-state index contributed by atoms with van der Waals surface area (Å²) < 4.78 is 10.9. The summed E-state index contributed by atoms with van der Waals surface area (Å²) in [6, 6.07) is 15.8. The highest BCUT2D eigenvalue weighted by molar-refractivity contribution is 7.98. The largest absolute Gasteiger partial charge is 0.497 e. The summed E-state index contributed by atoms with van der Waals surface area (Å²) in [6.45, 7) is 2.10. The number of hydrogen-bond acceptors (Lipinski definition) is 5. The Morgan fingerprint density at radius 2 is 1.82 bits per heavy atom. The number of methoxy groups -OCH3 is 1. The van der Waals surface area contributed by atoms with E-state index < -0.39 is 0 Å². The van der Waals surface area contributed by atoms with Crippen molar-refractivity contribution in [2.75, 3.05) is 7.11 Å². The average Bonchev–Trinajstić information content (AvgIpc) is 3.03. The van der Waals surface area contributed by atoms with Crippen LogP contribution in [0.5, 0.6) is 5.75 Å². The van der Waals surface area contributed by atoms with Crippen LogP contribution < -0.4 is 4.74 Å². The van der Waals surface area contributed by atoms with Gasteiger partial charge in [0, 0.05) is 10.5 Å². The van der Waals surface area contributed by atoms with Gasteiger partial charge in [0.25, 0.3) is 0 Å². The van der Waals surface area contributed by atoms with Crippen molar-refractivity contribution in [2.45, 2.75) is 17.6 Å². The number of thioether (sulfide) groups is 1. The number of aryl methyl sites for hydroxylation is 1. The lowest BCUT2D eigenvalue weighted by Crippen LogP contribution is -1.82. The molecule has 0 saturated heterocycles. The number of rotatable bonds is 5. The van der Waals surface area contributed by atoms with Gasteiger partial charge in [-0.05, 0) is 42.8 Å². The highest BCUT2D eigenvalue weighted by Gasteiger charge is 2.09. The van der Waals surface area contributed by atoms with Crippen molar-refractivity contribution in [3.63, 3.8) is 0 Å². The van der Waals surface area contributed by atoms with Gasteiger partial charge in [0.15, 0.2) is 0 Å². The van der Waals surface area contributed by atoms with E-state index in [0.29, 0.717) is 17.5 Å². The first kappa shape index (κ1) is 14.7. The molecule has 0 aliphatic rings. The van der Waals surface area contributed by atoms with Crippen LogP contribution in [0.2, 0.25) is 0 Å². The first-order chi connectivity index (χ1) is 10.8. The monoisotopic (exact) mass is 312 g/mol. The predicted molar refractivity (Wildman–Crippen MR) is 87.0 cm³/mol. The van der Waals surface area contributed by atoms with Crippen LogP contribution >= 0.6 is 11.8 Å². The second-order valence-electron chi connectivity index (χ2n) is 4.78. The van der Waals surface area contributed by atoms with Crippen molar-refractivity contribution >= 4 is 11.8 Å². The number of hydrogen-bond donors (Lipinski definition) is 0. The highest BCUT2D eigenvalue weighted by Crippen LogP contribution is 2.27. The van der Waals surface area contributed by atoms with E-state index >= 15 is 0 Å². The van der Waals surface area contributed by atoms with E-state index in [4.69, 9.17) is 9.15 Å². The van der Waals surface area contributed by atoms with Gasteiger partial charge in [0.2, 0.25) is 11.8 Å². The van der Waals surface area contributed by atoms with Crippen LogP contribution in [-0.2, 0) is 5.75 Å². The fraction of sp³-hybridized carbons (Fsp3) is 0.176. The molecule has 0 atom stereocenters. The molecule has 1 heterocycles. The molecule has 0 N–H and O–H groups in total. The third-order valence-corrected chi connectivity index (χ3v) is 4.41. The van der Waals surface area contributed by atoms with Crippen LogP contribution in [0.15, 0.2) is 57.8 Å². The molecule has 0 bridgehead atoms. The molecule has 0 radical (unpaired) electrons. The zero-order valence-electron chi connectivity index (χ0n) is 12.4. The second-order valence-corrected chi connectivity index (χ2v) is 5.80. The lowest BCUT2D eigenvalue weighted by atomic mass is 10.2. The third kappa shape index (κ3) is 3.31. The molecule has 0 unspecified atom stereocenters. The fourth-order valence-electron chi connectivity index (χ4n) is 2.02. The molecule has 5 heteroatoms. The minimum Gasteiger partial charge on any atom is -0.497 e. The molecule has 0 spiro atoms.